The molecule has 0 aliphatic carbocycles. The van der Waals surface area contributed by atoms with E-state index in [9.17, 15) is 0 Å². The molecule has 5 nitrogen and oxygen atoms in total. The Bertz CT molecular complexity index is 280. The third-order valence-electron chi connectivity index (χ3n) is 4.11. The highest BCUT2D eigenvalue weighted by Gasteiger charge is 2.51. The fourth-order valence-corrected chi connectivity index (χ4v) is 5.06. The molecule has 0 N–H and O–H groups in total. The lowest BCUT2D eigenvalue weighted by atomic mass is 10.0. The van der Waals surface area contributed by atoms with Crippen LogP contribution in [0.25, 0.3) is 0 Å². The number of methoxy groups -OCH3 is 1. The third-order valence-corrected chi connectivity index (χ3v) is 7.01. The largest absolute Gasteiger partial charge is 0.502 e. The van der Waals surface area contributed by atoms with E-state index in [0.717, 1.165) is 51.2 Å². The van der Waals surface area contributed by atoms with Gasteiger partial charge in [-0.25, -0.2) is 0 Å². The fourth-order valence-electron chi connectivity index (χ4n) is 2.75. The van der Waals surface area contributed by atoms with Crippen molar-refractivity contribution in [3.8, 4) is 0 Å². The molecule has 0 aromatic rings. The molecule has 2 fully saturated rings. The monoisotopic (exact) mass is 290 g/mol. The average Bonchev–Trinajstić information content (AvgIpc) is 3.28. The Morgan fingerprint density at radius 1 is 1.21 bits per heavy atom. The Hall–Kier alpha value is 0.0169. The minimum atomic E-state index is -2.51. The summed E-state index contributed by atoms with van der Waals surface area (Å²) in [5.74, 6) is -0.513. The third kappa shape index (κ3) is 3.99. The van der Waals surface area contributed by atoms with E-state index < -0.39 is 14.6 Å². The number of hydrogen-bond donors (Lipinski definition) is 0. The van der Waals surface area contributed by atoms with Gasteiger partial charge in [-0.2, -0.15) is 0 Å². The molecule has 2 aliphatic heterocycles. The Morgan fingerprint density at radius 2 is 1.95 bits per heavy atom. The molecule has 0 spiro atoms. The number of rotatable bonds is 8. The zero-order chi connectivity index (χ0) is 13.8. The molecule has 0 bridgehead atoms. The molecule has 0 radical (unpaired) electrons. The normalized spacial score (nSPS) is 33.3. The van der Waals surface area contributed by atoms with Gasteiger partial charge in [-0.3, -0.25) is 0 Å². The van der Waals surface area contributed by atoms with Crippen molar-refractivity contribution in [3.05, 3.63) is 0 Å². The first-order chi connectivity index (χ1) is 9.17. The Kier molecular flexibility index (Phi) is 5.39. The van der Waals surface area contributed by atoms with Crippen LogP contribution in [0.3, 0.4) is 0 Å². The van der Waals surface area contributed by atoms with E-state index >= 15 is 0 Å². The molecular formula is C13H26O5Si. The van der Waals surface area contributed by atoms with E-state index in [-0.39, 0.29) is 0 Å². The lowest BCUT2D eigenvalue weighted by Crippen LogP contribution is -2.56. The average molecular weight is 290 g/mol. The topological polar surface area (TPSA) is 49.5 Å². The van der Waals surface area contributed by atoms with E-state index in [1.54, 1.807) is 21.3 Å². The van der Waals surface area contributed by atoms with Crippen LogP contribution in [0.5, 0.6) is 0 Å². The molecule has 2 unspecified atom stereocenters. The first kappa shape index (κ1) is 15.4. The SMILES string of the molecule is COC1(CCCCC2CO2)CCC[Si](OC)(OC)O1. The highest BCUT2D eigenvalue weighted by atomic mass is 28.4. The molecule has 19 heavy (non-hydrogen) atoms. The van der Waals surface area contributed by atoms with Gasteiger partial charge in [0.15, 0.2) is 5.79 Å². The number of hydrogen-bond acceptors (Lipinski definition) is 5. The molecule has 6 heteroatoms. The Morgan fingerprint density at radius 3 is 2.53 bits per heavy atom. The molecule has 2 aliphatic rings. The zero-order valence-electron chi connectivity index (χ0n) is 12.3. The Balaban J connectivity index is 1.84. The second kappa shape index (κ2) is 6.65. The van der Waals surface area contributed by atoms with Gasteiger partial charge >= 0.3 is 8.80 Å². The minimum Gasteiger partial charge on any atom is -0.377 e. The number of unbranched alkanes of at least 4 members (excludes halogenated alkanes) is 1. The summed E-state index contributed by atoms with van der Waals surface area (Å²) in [5.41, 5.74) is 0. The quantitative estimate of drug-likeness (QED) is 0.390. The smallest absolute Gasteiger partial charge is 0.377 e. The predicted octanol–water partition coefficient (Wildman–Crippen LogP) is 2.33. The van der Waals surface area contributed by atoms with Crippen molar-refractivity contribution in [1.29, 1.82) is 0 Å². The zero-order valence-corrected chi connectivity index (χ0v) is 13.3. The van der Waals surface area contributed by atoms with Gasteiger partial charge < -0.3 is 22.8 Å². The summed E-state index contributed by atoms with van der Waals surface area (Å²) in [6, 6.07) is 0.876. The summed E-state index contributed by atoms with van der Waals surface area (Å²) in [5, 5.41) is 0. The van der Waals surface area contributed by atoms with Crippen molar-refractivity contribution >= 4 is 8.80 Å². The van der Waals surface area contributed by atoms with Crippen LogP contribution in [0.1, 0.15) is 38.5 Å². The first-order valence-electron chi connectivity index (χ1n) is 7.15. The summed E-state index contributed by atoms with van der Waals surface area (Å²) < 4.78 is 28.1. The van der Waals surface area contributed by atoms with Gasteiger partial charge in [0.05, 0.1) is 12.7 Å². The van der Waals surface area contributed by atoms with Crippen LogP contribution in [0.15, 0.2) is 0 Å². The molecular weight excluding hydrogens is 264 g/mol. The summed E-state index contributed by atoms with van der Waals surface area (Å²) in [6.45, 7) is 0.940. The van der Waals surface area contributed by atoms with Crippen molar-refractivity contribution in [3.63, 3.8) is 0 Å². The summed E-state index contributed by atoms with van der Waals surface area (Å²) in [4.78, 5) is 0. The lowest BCUT2D eigenvalue weighted by Gasteiger charge is -2.43. The summed E-state index contributed by atoms with van der Waals surface area (Å²) in [6.07, 6.45) is 6.77. The van der Waals surface area contributed by atoms with E-state index in [1.807, 2.05) is 0 Å². The fraction of sp³-hybridized carbons (Fsp3) is 1.00. The van der Waals surface area contributed by atoms with Gasteiger partial charge in [-0.15, -0.1) is 0 Å². The predicted molar refractivity (Wildman–Crippen MR) is 72.8 cm³/mol. The van der Waals surface area contributed by atoms with Crippen LogP contribution >= 0.6 is 0 Å². The highest BCUT2D eigenvalue weighted by molar-refractivity contribution is 6.60. The van der Waals surface area contributed by atoms with Crippen LogP contribution in [0.2, 0.25) is 6.04 Å². The van der Waals surface area contributed by atoms with Gasteiger partial charge in [0.25, 0.3) is 0 Å². The molecule has 0 amide bonds. The standard InChI is InChI=1S/C13H26O5Si/c1-14-13(8-5-4-7-12-11-17-12)9-6-10-19(15-2,16-3)18-13/h12H,4-11H2,1-3H3. The minimum absolute atomic E-state index is 0.511. The maximum absolute atomic E-state index is 6.17. The molecule has 2 atom stereocenters. The van der Waals surface area contributed by atoms with Crippen molar-refractivity contribution in [2.75, 3.05) is 27.9 Å². The molecule has 2 rings (SSSR count). The van der Waals surface area contributed by atoms with Gasteiger partial charge in [-0.1, -0.05) is 6.42 Å². The van der Waals surface area contributed by atoms with Gasteiger partial charge in [0, 0.05) is 40.2 Å². The van der Waals surface area contributed by atoms with Crippen LogP contribution in [-0.2, 0) is 22.8 Å². The molecule has 112 valence electrons. The number of ether oxygens (including phenoxy) is 2. The highest BCUT2D eigenvalue weighted by Crippen LogP contribution is 2.38. The van der Waals surface area contributed by atoms with E-state index in [0.29, 0.717) is 6.10 Å². The maximum atomic E-state index is 6.17. The van der Waals surface area contributed by atoms with Crippen molar-refractivity contribution < 1.29 is 22.8 Å². The maximum Gasteiger partial charge on any atom is 0.502 e. The van der Waals surface area contributed by atoms with E-state index in [2.05, 4.69) is 0 Å². The lowest BCUT2D eigenvalue weighted by molar-refractivity contribution is -0.211. The second-order valence-electron chi connectivity index (χ2n) is 5.36. The van der Waals surface area contributed by atoms with Crippen LogP contribution < -0.4 is 0 Å². The van der Waals surface area contributed by atoms with Crippen LogP contribution in [0, 0.1) is 0 Å². The van der Waals surface area contributed by atoms with Crippen molar-refractivity contribution in [2.45, 2.75) is 56.5 Å². The number of epoxide rings is 1. The van der Waals surface area contributed by atoms with Gasteiger partial charge in [-0.05, 0) is 19.3 Å². The molecule has 0 saturated carbocycles. The van der Waals surface area contributed by atoms with Gasteiger partial charge in [0.2, 0.25) is 0 Å². The first-order valence-corrected chi connectivity index (χ1v) is 9.08. The second-order valence-corrected chi connectivity index (χ2v) is 8.25. The summed E-state index contributed by atoms with van der Waals surface area (Å²) in [7, 11) is 2.56. The summed E-state index contributed by atoms with van der Waals surface area (Å²) >= 11 is 0. The van der Waals surface area contributed by atoms with Crippen molar-refractivity contribution in [2.24, 2.45) is 0 Å². The molecule has 2 heterocycles. The van der Waals surface area contributed by atoms with Crippen LogP contribution in [-0.4, -0.2) is 48.6 Å². The molecule has 0 aromatic heterocycles. The Labute approximate surface area is 116 Å². The molecule has 2 saturated heterocycles. The van der Waals surface area contributed by atoms with E-state index in [1.165, 1.54) is 0 Å². The van der Waals surface area contributed by atoms with Gasteiger partial charge in [0.1, 0.15) is 0 Å². The van der Waals surface area contributed by atoms with E-state index in [4.69, 9.17) is 22.8 Å². The molecule has 0 aromatic carbocycles. The van der Waals surface area contributed by atoms with Crippen molar-refractivity contribution in [1.82, 2.24) is 0 Å². The van der Waals surface area contributed by atoms with Crippen LogP contribution in [0.4, 0.5) is 0 Å².